The van der Waals surface area contributed by atoms with Crippen LogP contribution in [0.1, 0.15) is 12.8 Å². The molecule has 1 aliphatic rings. The average molecular weight is 199 g/mol. The first kappa shape index (κ1) is 11.1. The molecular formula is C6H13AlCl2O. The highest BCUT2D eigenvalue weighted by Crippen LogP contribution is 2.09. The maximum atomic E-state index is 5.42. The van der Waals surface area contributed by atoms with Gasteiger partial charge in [0.2, 0.25) is 0 Å². The van der Waals surface area contributed by atoms with Gasteiger partial charge in [-0.15, -0.1) is 23.2 Å². The first-order chi connectivity index (χ1) is 4.81. The number of alkyl halides is 2. The van der Waals surface area contributed by atoms with Crippen LogP contribution in [-0.2, 0) is 3.79 Å². The van der Waals surface area contributed by atoms with E-state index < -0.39 is 14.5 Å². The Bertz CT molecular complexity index is 66.8. The molecule has 0 atom stereocenters. The molecule has 0 unspecified atom stereocenters. The summed E-state index contributed by atoms with van der Waals surface area (Å²) in [4.78, 5) is 0. The molecule has 1 nitrogen and oxygen atoms in total. The van der Waals surface area contributed by atoms with Crippen molar-refractivity contribution in [2.45, 2.75) is 23.9 Å². The quantitative estimate of drug-likeness (QED) is 0.430. The third-order valence-corrected chi connectivity index (χ3v) is 3.43. The number of halogens is 2. The molecule has 10 heavy (non-hydrogen) atoms. The first-order valence-corrected chi connectivity index (χ1v) is 7.06. The third-order valence-electron chi connectivity index (χ3n) is 1.41. The van der Waals surface area contributed by atoms with Crippen molar-refractivity contribution < 1.29 is 3.79 Å². The van der Waals surface area contributed by atoms with E-state index in [4.69, 9.17) is 27.0 Å². The smallest absolute Gasteiger partial charge is 0.457 e. The van der Waals surface area contributed by atoms with Gasteiger partial charge >= 0.3 is 14.5 Å². The van der Waals surface area contributed by atoms with Gasteiger partial charge < -0.3 is 3.79 Å². The predicted octanol–water partition coefficient (Wildman–Crippen LogP) is 2.84. The van der Waals surface area contributed by atoms with Crippen LogP contribution in [0.4, 0.5) is 0 Å². The summed E-state index contributed by atoms with van der Waals surface area (Å²) in [6.45, 7) is 1.05. The Hall–Kier alpha value is 1.07. The Balaban J connectivity index is 0.000000236. The van der Waals surface area contributed by atoms with E-state index in [2.05, 4.69) is 5.79 Å². The lowest BCUT2D eigenvalue weighted by molar-refractivity contribution is 0.291. The lowest BCUT2D eigenvalue weighted by Gasteiger charge is -2.13. The highest BCUT2D eigenvalue weighted by atomic mass is 35.5. The van der Waals surface area contributed by atoms with Gasteiger partial charge in [-0.05, 0) is 6.42 Å². The van der Waals surface area contributed by atoms with Gasteiger partial charge in [0, 0.05) is 6.61 Å². The van der Waals surface area contributed by atoms with E-state index in [1.165, 1.54) is 18.1 Å². The second kappa shape index (κ2) is 8.17. The molecule has 1 aliphatic heterocycles. The molecule has 1 fully saturated rings. The molecule has 0 spiro atoms. The normalized spacial score (nSPS) is 17.7. The van der Waals surface area contributed by atoms with Crippen molar-refractivity contribution in [3.8, 4) is 0 Å². The fourth-order valence-electron chi connectivity index (χ4n) is 0.902. The molecule has 0 aromatic rings. The van der Waals surface area contributed by atoms with Crippen molar-refractivity contribution in [1.29, 1.82) is 0 Å². The van der Waals surface area contributed by atoms with E-state index in [1.807, 2.05) is 0 Å². The fourth-order valence-corrected chi connectivity index (χ4v) is 2.50. The lowest BCUT2D eigenvalue weighted by atomic mass is 10.4. The number of rotatable bonds is 0. The van der Waals surface area contributed by atoms with Crippen LogP contribution < -0.4 is 0 Å². The lowest BCUT2D eigenvalue weighted by Crippen LogP contribution is -2.18. The summed E-state index contributed by atoms with van der Waals surface area (Å²) in [6, 6.07) is 0. The third kappa shape index (κ3) is 7.18. The van der Waals surface area contributed by atoms with Crippen LogP contribution in [0.3, 0.4) is 0 Å². The minimum Gasteiger partial charge on any atom is -0.501 e. The standard InChI is InChI=1S/C4H8O.CH2Cl2.CH3.Al/c1-2-3-4-5;2-1-3;;/h1-4H2;1H2;1H3;/q-1;;;+1. The molecule has 0 aromatic carbocycles. The second-order valence-electron chi connectivity index (χ2n) is 2.28. The van der Waals surface area contributed by atoms with E-state index in [1.54, 1.807) is 0 Å². The Morgan fingerprint density at radius 2 is 2.00 bits per heavy atom. The molecule has 4 heteroatoms. The SMILES string of the molecule is ClCCl.[CH3][Al]1[CH2]CCC[O]1. The molecule has 0 aliphatic carbocycles. The minimum atomic E-state index is -0.595. The van der Waals surface area contributed by atoms with Crippen molar-refractivity contribution in [1.82, 2.24) is 0 Å². The van der Waals surface area contributed by atoms with E-state index in [0.717, 1.165) is 6.61 Å². The van der Waals surface area contributed by atoms with Crippen molar-refractivity contribution >= 4 is 37.7 Å². The van der Waals surface area contributed by atoms with Gasteiger partial charge in [-0.3, -0.25) is 0 Å². The van der Waals surface area contributed by atoms with Crippen LogP contribution in [0.25, 0.3) is 0 Å². The van der Waals surface area contributed by atoms with E-state index >= 15 is 0 Å². The molecule has 1 saturated heterocycles. The highest BCUT2D eigenvalue weighted by Gasteiger charge is 2.15. The molecule has 0 amide bonds. The fraction of sp³-hybridized carbons (Fsp3) is 1.00. The Morgan fingerprint density at radius 1 is 1.40 bits per heavy atom. The maximum Gasteiger partial charge on any atom is 0.457 e. The number of hydrogen-bond acceptors (Lipinski definition) is 1. The van der Waals surface area contributed by atoms with Crippen LogP contribution in [0, 0.1) is 0 Å². The minimum absolute atomic E-state index is 0.194. The molecule has 1 rings (SSSR count). The molecule has 1 heterocycles. The van der Waals surface area contributed by atoms with Crippen LogP contribution in [0.2, 0.25) is 11.1 Å². The zero-order chi connectivity index (χ0) is 7.82. The Morgan fingerprint density at radius 3 is 2.20 bits per heavy atom. The van der Waals surface area contributed by atoms with Crippen LogP contribution in [-0.4, -0.2) is 26.4 Å². The zero-order valence-electron chi connectivity index (χ0n) is 6.28. The largest absolute Gasteiger partial charge is 0.501 e. The van der Waals surface area contributed by atoms with Crippen LogP contribution in [0.5, 0.6) is 0 Å². The van der Waals surface area contributed by atoms with Crippen molar-refractivity contribution in [3.05, 3.63) is 0 Å². The summed E-state index contributed by atoms with van der Waals surface area (Å²) in [7, 11) is 0. The Kier molecular flexibility index (Phi) is 9.05. The van der Waals surface area contributed by atoms with Crippen molar-refractivity contribution in [2.75, 3.05) is 11.9 Å². The molecule has 0 N–H and O–H groups in total. The molecular weight excluding hydrogens is 186 g/mol. The van der Waals surface area contributed by atoms with Gasteiger partial charge in [0.1, 0.15) is 0 Å². The monoisotopic (exact) mass is 198 g/mol. The summed E-state index contributed by atoms with van der Waals surface area (Å²) < 4.78 is 5.42. The van der Waals surface area contributed by atoms with E-state index in [0.29, 0.717) is 0 Å². The summed E-state index contributed by atoms with van der Waals surface area (Å²) in [6.07, 6.45) is 2.73. The summed E-state index contributed by atoms with van der Waals surface area (Å²) in [5.41, 5.74) is 0. The van der Waals surface area contributed by atoms with Gasteiger partial charge in [0.05, 0.1) is 5.34 Å². The summed E-state index contributed by atoms with van der Waals surface area (Å²) in [5.74, 6) is 2.28. The molecule has 0 saturated carbocycles. The Labute approximate surface area is 77.4 Å². The van der Waals surface area contributed by atoms with Gasteiger partial charge in [-0.25, -0.2) is 0 Å². The summed E-state index contributed by atoms with van der Waals surface area (Å²) in [5, 5.41) is 1.60. The average Bonchev–Trinajstić information content (AvgIpc) is 1.91. The molecule has 0 radical (unpaired) electrons. The predicted molar refractivity (Wildman–Crippen MR) is 48.2 cm³/mol. The second-order valence-corrected chi connectivity index (χ2v) is 5.62. The van der Waals surface area contributed by atoms with Gasteiger partial charge in [-0.1, -0.05) is 17.5 Å². The molecule has 60 valence electrons. The first-order valence-electron chi connectivity index (χ1n) is 3.54. The zero-order valence-corrected chi connectivity index (χ0v) is 8.94. The van der Waals surface area contributed by atoms with E-state index in [-0.39, 0.29) is 5.34 Å². The van der Waals surface area contributed by atoms with Gasteiger partial charge in [0.15, 0.2) is 0 Å². The topological polar surface area (TPSA) is 9.23 Å². The van der Waals surface area contributed by atoms with Crippen LogP contribution in [0.15, 0.2) is 0 Å². The van der Waals surface area contributed by atoms with Gasteiger partial charge in [0.25, 0.3) is 0 Å². The maximum absolute atomic E-state index is 5.42. The highest BCUT2D eigenvalue weighted by molar-refractivity contribution is 6.50. The van der Waals surface area contributed by atoms with Crippen LogP contribution >= 0.6 is 23.2 Å². The number of hydrogen-bond donors (Lipinski definition) is 0. The van der Waals surface area contributed by atoms with Crippen molar-refractivity contribution in [3.63, 3.8) is 0 Å². The van der Waals surface area contributed by atoms with Crippen molar-refractivity contribution in [2.24, 2.45) is 0 Å². The molecule has 0 bridgehead atoms. The van der Waals surface area contributed by atoms with Gasteiger partial charge in [-0.2, -0.15) is 0 Å². The van der Waals surface area contributed by atoms with E-state index in [9.17, 15) is 0 Å². The molecule has 0 aromatic heterocycles. The summed E-state index contributed by atoms with van der Waals surface area (Å²) >= 11 is 8.93.